The highest BCUT2D eigenvalue weighted by Gasteiger charge is 2.29. The average molecular weight is 170 g/mol. The van der Waals surface area contributed by atoms with Crippen molar-refractivity contribution in [2.45, 2.75) is 19.4 Å². The summed E-state index contributed by atoms with van der Waals surface area (Å²) in [7, 11) is 1.36. The molecule has 0 aromatic heterocycles. The number of esters is 1. The second-order valence-corrected chi connectivity index (χ2v) is 3.00. The number of carbonyl (C=O) groups excluding carboxylic acids is 1. The zero-order valence-corrected chi connectivity index (χ0v) is 7.50. The van der Waals surface area contributed by atoms with Gasteiger partial charge in [-0.25, -0.2) is 4.79 Å². The highest BCUT2D eigenvalue weighted by molar-refractivity contribution is 5.88. The van der Waals surface area contributed by atoms with Crippen LogP contribution in [0.2, 0.25) is 0 Å². The Bertz CT molecular complexity index is 194. The Morgan fingerprint density at radius 1 is 1.75 bits per heavy atom. The number of carbonyl (C=O) groups is 1. The summed E-state index contributed by atoms with van der Waals surface area (Å²) in [6.07, 6.45) is 1.17. The smallest absolute Gasteiger partial charge is 0.333 e. The summed E-state index contributed by atoms with van der Waals surface area (Å²) in [5.41, 5.74) is 0.502. The molecule has 0 aromatic rings. The van der Waals surface area contributed by atoms with E-state index in [4.69, 9.17) is 4.74 Å². The molecule has 0 aliphatic carbocycles. The highest BCUT2D eigenvalue weighted by Crippen LogP contribution is 2.25. The molecule has 1 heterocycles. The zero-order valence-electron chi connectivity index (χ0n) is 7.50. The lowest BCUT2D eigenvalue weighted by atomic mass is 9.92. The molecule has 2 unspecified atom stereocenters. The van der Waals surface area contributed by atoms with Gasteiger partial charge in [0.05, 0.1) is 13.2 Å². The molecule has 12 heavy (non-hydrogen) atoms. The van der Waals surface area contributed by atoms with E-state index in [1.807, 2.05) is 6.92 Å². The molecule has 1 fully saturated rings. The second-order valence-electron chi connectivity index (χ2n) is 3.00. The van der Waals surface area contributed by atoms with Crippen molar-refractivity contribution in [1.29, 1.82) is 0 Å². The van der Waals surface area contributed by atoms with Gasteiger partial charge in [-0.1, -0.05) is 13.5 Å². The third-order valence-electron chi connectivity index (χ3n) is 2.29. The second kappa shape index (κ2) is 3.72. The summed E-state index contributed by atoms with van der Waals surface area (Å²) in [5, 5.41) is 0. The van der Waals surface area contributed by atoms with Crippen molar-refractivity contribution in [2.75, 3.05) is 13.7 Å². The van der Waals surface area contributed by atoms with E-state index in [1.165, 1.54) is 7.11 Å². The Hall–Kier alpha value is -0.830. The van der Waals surface area contributed by atoms with Gasteiger partial charge >= 0.3 is 5.97 Å². The van der Waals surface area contributed by atoms with Crippen molar-refractivity contribution in [3.63, 3.8) is 0 Å². The van der Waals surface area contributed by atoms with Gasteiger partial charge in [0.25, 0.3) is 0 Å². The fourth-order valence-corrected chi connectivity index (χ4v) is 1.19. The molecule has 3 nitrogen and oxygen atoms in total. The lowest BCUT2D eigenvalue weighted by Crippen LogP contribution is -2.35. The monoisotopic (exact) mass is 170 g/mol. The van der Waals surface area contributed by atoms with E-state index in [1.54, 1.807) is 0 Å². The molecule has 1 aliphatic heterocycles. The van der Waals surface area contributed by atoms with E-state index in [9.17, 15) is 4.79 Å². The Morgan fingerprint density at radius 2 is 2.33 bits per heavy atom. The quantitative estimate of drug-likeness (QED) is 0.470. The van der Waals surface area contributed by atoms with Crippen LogP contribution in [0.4, 0.5) is 0 Å². The first kappa shape index (κ1) is 9.26. The fraction of sp³-hybridized carbons (Fsp3) is 0.667. The molecule has 0 radical (unpaired) electrons. The Labute approximate surface area is 72.4 Å². The number of methoxy groups -OCH3 is 1. The van der Waals surface area contributed by atoms with Crippen molar-refractivity contribution < 1.29 is 14.3 Å². The maximum absolute atomic E-state index is 11.0. The van der Waals surface area contributed by atoms with E-state index in [0.29, 0.717) is 5.57 Å². The first-order valence-corrected chi connectivity index (χ1v) is 4.05. The molecular formula is C9H14O3. The van der Waals surface area contributed by atoms with E-state index >= 15 is 0 Å². The molecular weight excluding hydrogens is 156 g/mol. The molecule has 0 spiro atoms. The summed E-state index contributed by atoms with van der Waals surface area (Å²) in [4.78, 5) is 11.0. The van der Waals surface area contributed by atoms with Gasteiger partial charge in [0.2, 0.25) is 0 Å². The highest BCUT2D eigenvalue weighted by atomic mass is 16.5. The van der Waals surface area contributed by atoms with Gasteiger partial charge in [0.1, 0.15) is 0 Å². The molecule has 2 atom stereocenters. The normalized spacial score (nSPS) is 24.0. The van der Waals surface area contributed by atoms with E-state index in [2.05, 4.69) is 11.3 Å². The van der Waals surface area contributed by atoms with Gasteiger partial charge in [-0.3, -0.25) is 0 Å². The standard InChI is InChI=1S/C9H14O3/c1-6(8-4-5-12-8)7(2)9(10)11-3/h6,8H,2,4-5H2,1,3H3. The van der Waals surface area contributed by atoms with Gasteiger partial charge in [-0.05, 0) is 6.42 Å². The first-order valence-electron chi connectivity index (χ1n) is 4.05. The van der Waals surface area contributed by atoms with E-state index in [-0.39, 0.29) is 18.0 Å². The lowest BCUT2D eigenvalue weighted by Gasteiger charge is -2.32. The van der Waals surface area contributed by atoms with Gasteiger partial charge in [-0.15, -0.1) is 0 Å². The number of ether oxygens (including phenoxy) is 2. The maximum atomic E-state index is 11.0. The molecule has 1 saturated heterocycles. The Morgan fingerprint density at radius 3 is 2.67 bits per heavy atom. The number of rotatable bonds is 3. The molecule has 0 bridgehead atoms. The summed E-state index contributed by atoms with van der Waals surface area (Å²) in [6, 6.07) is 0. The van der Waals surface area contributed by atoms with Crippen molar-refractivity contribution in [2.24, 2.45) is 5.92 Å². The predicted octanol–water partition coefficient (Wildman–Crippen LogP) is 1.14. The van der Waals surface area contributed by atoms with Gasteiger partial charge in [-0.2, -0.15) is 0 Å². The summed E-state index contributed by atoms with van der Waals surface area (Å²) >= 11 is 0. The predicted molar refractivity (Wildman–Crippen MR) is 44.7 cm³/mol. The molecule has 0 saturated carbocycles. The average Bonchev–Trinajstić information content (AvgIpc) is 1.98. The van der Waals surface area contributed by atoms with Crippen LogP contribution in [0.25, 0.3) is 0 Å². The third-order valence-corrected chi connectivity index (χ3v) is 2.29. The van der Waals surface area contributed by atoms with E-state index < -0.39 is 0 Å². The van der Waals surface area contributed by atoms with Gasteiger partial charge < -0.3 is 9.47 Å². The summed E-state index contributed by atoms with van der Waals surface area (Å²) < 4.78 is 9.80. The van der Waals surface area contributed by atoms with Crippen LogP contribution in [-0.4, -0.2) is 25.8 Å². The minimum atomic E-state index is -0.335. The van der Waals surface area contributed by atoms with Crippen LogP contribution in [-0.2, 0) is 14.3 Å². The molecule has 0 aromatic carbocycles. The summed E-state index contributed by atoms with van der Waals surface area (Å²) in [6.45, 7) is 6.40. The van der Waals surface area contributed by atoms with Crippen LogP contribution in [0.1, 0.15) is 13.3 Å². The van der Waals surface area contributed by atoms with Crippen molar-refractivity contribution in [3.8, 4) is 0 Å². The maximum Gasteiger partial charge on any atom is 0.333 e. The summed E-state index contributed by atoms with van der Waals surface area (Å²) in [5.74, 6) is -0.260. The van der Waals surface area contributed by atoms with Crippen molar-refractivity contribution in [1.82, 2.24) is 0 Å². The minimum Gasteiger partial charge on any atom is -0.466 e. The van der Waals surface area contributed by atoms with Crippen LogP contribution in [0.15, 0.2) is 12.2 Å². The Kier molecular flexibility index (Phi) is 2.87. The molecule has 68 valence electrons. The lowest BCUT2D eigenvalue weighted by molar-refractivity contribution is -0.138. The third kappa shape index (κ3) is 1.67. The topological polar surface area (TPSA) is 35.5 Å². The first-order chi connectivity index (χ1) is 5.66. The van der Waals surface area contributed by atoms with Crippen molar-refractivity contribution >= 4 is 5.97 Å². The molecule has 3 heteroatoms. The van der Waals surface area contributed by atoms with Crippen molar-refractivity contribution in [3.05, 3.63) is 12.2 Å². The van der Waals surface area contributed by atoms with Crippen LogP contribution >= 0.6 is 0 Å². The zero-order chi connectivity index (χ0) is 9.14. The SMILES string of the molecule is C=C(C(=O)OC)C(C)C1CCO1. The van der Waals surface area contributed by atoms with Gasteiger partial charge in [0, 0.05) is 18.1 Å². The van der Waals surface area contributed by atoms with E-state index in [0.717, 1.165) is 13.0 Å². The fourth-order valence-electron chi connectivity index (χ4n) is 1.19. The molecule has 0 amide bonds. The van der Waals surface area contributed by atoms with Crippen LogP contribution in [0.3, 0.4) is 0 Å². The molecule has 1 rings (SSSR count). The molecule has 1 aliphatic rings. The van der Waals surface area contributed by atoms with Gasteiger partial charge in [0.15, 0.2) is 0 Å². The van der Waals surface area contributed by atoms with Crippen LogP contribution in [0.5, 0.6) is 0 Å². The minimum absolute atomic E-state index is 0.0752. The van der Waals surface area contributed by atoms with Crippen LogP contribution in [0, 0.1) is 5.92 Å². The molecule has 0 N–H and O–H groups in total. The van der Waals surface area contributed by atoms with Crippen LogP contribution < -0.4 is 0 Å². The largest absolute Gasteiger partial charge is 0.466 e. The Balaban J connectivity index is 2.45. The number of hydrogen-bond donors (Lipinski definition) is 0. The number of hydrogen-bond acceptors (Lipinski definition) is 3.